The molecule has 1 fully saturated rings. The highest BCUT2D eigenvalue weighted by atomic mass is 16.3. The average Bonchev–Trinajstić information content (AvgIpc) is 2.79. The van der Waals surface area contributed by atoms with Crippen LogP contribution in [0.15, 0.2) is 54.6 Å². The quantitative estimate of drug-likeness (QED) is 0.941. The predicted octanol–water partition coefficient (Wildman–Crippen LogP) is 2.85. The number of fused-ring (bicyclic) bond motifs is 1. The first-order chi connectivity index (χ1) is 11.8. The van der Waals surface area contributed by atoms with Gasteiger partial charge in [0, 0.05) is 25.7 Å². The van der Waals surface area contributed by atoms with Crippen molar-refractivity contribution in [2.24, 2.45) is 0 Å². The topological polar surface area (TPSA) is 26.7 Å². The molecule has 1 N–H and O–H groups in total. The van der Waals surface area contributed by atoms with Crippen LogP contribution in [0.25, 0.3) is 0 Å². The van der Waals surface area contributed by atoms with Crippen molar-refractivity contribution < 1.29 is 5.11 Å². The summed E-state index contributed by atoms with van der Waals surface area (Å²) in [5, 5.41) is 10.7. The Bertz CT molecular complexity index is 673. The van der Waals surface area contributed by atoms with Gasteiger partial charge in [-0.2, -0.15) is 0 Å². The Kier molecular flexibility index (Phi) is 4.65. The maximum atomic E-state index is 10.7. The van der Waals surface area contributed by atoms with E-state index < -0.39 is 0 Å². The zero-order valence-corrected chi connectivity index (χ0v) is 14.1. The zero-order valence-electron chi connectivity index (χ0n) is 14.1. The molecule has 1 heterocycles. The number of hydrogen-bond donors (Lipinski definition) is 1. The highest BCUT2D eigenvalue weighted by Gasteiger charge is 2.35. The van der Waals surface area contributed by atoms with Gasteiger partial charge in [0.05, 0.1) is 6.10 Å². The molecule has 2 atom stereocenters. The largest absolute Gasteiger partial charge is 0.387 e. The lowest BCUT2D eigenvalue weighted by Crippen LogP contribution is -2.40. The van der Waals surface area contributed by atoms with E-state index in [9.17, 15) is 5.11 Å². The van der Waals surface area contributed by atoms with Crippen molar-refractivity contribution in [3.05, 3.63) is 71.3 Å². The van der Waals surface area contributed by atoms with Gasteiger partial charge in [0.2, 0.25) is 0 Å². The number of aliphatic hydroxyl groups excluding tert-OH is 1. The van der Waals surface area contributed by atoms with Crippen molar-refractivity contribution in [1.82, 2.24) is 9.80 Å². The van der Waals surface area contributed by atoms with Crippen LogP contribution in [0.5, 0.6) is 0 Å². The van der Waals surface area contributed by atoms with Crippen LogP contribution in [-0.4, -0.2) is 47.1 Å². The molecular formula is C21H26N2O. The smallest absolute Gasteiger partial charge is 0.0951 e. The average molecular weight is 322 g/mol. The molecule has 0 aromatic heterocycles. The van der Waals surface area contributed by atoms with Crippen LogP contribution < -0.4 is 0 Å². The van der Waals surface area contributed by atoms with E-state index >= 15 is 0 Å². The summed E-state index contributed by atoms with van der Waals surface area (Å²) in [6, 6.07) is 19.3. The second kappa shape index (κ2) is 7.06. The molecule has 3 nitrogen and oxygen atoms in total. The standard InChI is InChI=1S/C21H26N2O/c24-21-19-10-5-4-9-18(19)15-20(21)23-12-6-11-22(13-14-23)16-17-7-2-1-3-8-17/h1-5,7-10,20-21,24H,6,11-16H2. The molecule has 0 saturated carbocycles. The minimum Gasteiger partial charge on any atom is -0.387 e. The van der Waals surface area contributed by atoms with E-state index in [0.29, 0.717) is 0 Å². The second-order valence-corrected chi connectivity index (χ2v) is 7.07. The Morgan fingerprint density at radius 2 is 1.67 bits per heavy atom. The third-order valence-electron chi connectivity index (χ3n) is 5.51. The van der Waals surface area contributed by atoms with E-state index in [4.69, 9.17) is 0 Å². The van der Waals surface area contributed by atoms with E-state index in [-0.39, 0.29) is 12.1 Å². The summed E-state index contributed by atoms with van der Waals surface area (Å²) >= 11 is 0. The molecule has 0 amide bonds. The SMILES string of the molecule is OC1c2ccccc2CC1N1CCCN(Cc2ccccc2)CC1. The Morgan fingerprint density at radius 3 is 2.50 bits per heavy atom. The predicted molar refractivity (Wildman–Crippen MR) is 96.8 cm³/mol. The summed E-state index contributed by atoms with van der Waals surface area (Å²) in [5.74, 6) is 0. The summed E-state index contributed by atoms with van der Waals surface area (Å²) in [7, 11) is 0. The van der Waals surface area contributed by atoms with E-state index in [1.165, 1.54) is 17.5 Å². The molecule has 0 radical (unpaired) electrons. The van der Waals surface area contributed by atoms with Crippen molar-refractivity contribution in [2.45, 2.75) is 31.5 Å². The molecule has 0 spiro atoms. The Morgan fingerprint density at radius 1 is 0.875 bits per heavy atom. The number of nitrogens with zero attached hydrogens (tertiary/aromatic N) is 2. The van der Waals surface area contributed by atoms with Crippen molar-refractivity contribution in [2.75, 3.05) is 26.2 Å². The lowest BCUT2D eigenvalue weighted by atomic mass is 10.1. The second-order valence-electron chi connectivity index (χ2n) is 7.07. The highest BCUT2D eigenvalue weighted by molar-refractivity contribution is 5.35. The Balaban J connectivity index is 1.39. The van der Waals surface area contributed by atoms with Gasteiger partial charge in [0.25, 0.3) is 0 Å². The van der Waals surface area contributed by atoms with Gasteiger partial charge in [-0.1, -0.05) is 54.6 Å². The summed E-state index contributed by atoms with van der Waals surface area (Å²) in [6.07, 6.45) is 1.82. The van der Waals surface area contributed by atoms with Gasteiger partial charge < -0.3 is 5.11 Å². The fraction of sp³-hybridized carbons (Fsp3) is 0.429. The van der Waals surface area contributed by atoms with Crippen molar-refractivity contribution in [3.8, 4) is 0 Å². The fourth-order valence-corrected chi connectivity index (χ4v) is 4.20. The molecule has 1 aliphatic carbocycles. The maximum Gasteiger partial charge on any atom is 0.0951 e. The van der Waals surface area contributed by atoms with Crippen LogP contribution in [0.4, 0.5) is 0 Å². The lowest BCUT2D eigenvalue weighted by molar-refractivity contribution is 0.0625. The first-order valence-corrected chi connectivity index (χ1v) is 9.07. The molecule has 2 unspecified atom stereocenters. The van der Waals surface area contributed by atoms with E-state index in [0.717, 1.165) is 44.7 Å². The van der Waals surface area contributed by atoms with Gasteiger partial charge in [-0.3, -0.25) is 9.80 Å². The van der Waals surface area contributed by atoms with Crippen LogP contribution in [0.3, 0.4) is 0 Å². The van der Waals surface area contributed by atoms with E-state index in [1.54, 1.807) is 0 Å². The van der Waals surface area contributed by atoms with Crippen LogP contribution >= 0.6 is 0 Å². The lowest BCUT2D eigenvalue weighted by Gasteiger charge is -2.30. The zero-order chi connectivity index (χ0) is 16.4. The summed E-state index contributed by atoms with van der Waals surface area (Å²) < 4.78 is 0. The molecule has 126 valence electrons. The van der Waals surface area contributed by atoms with E-state index in [1.807, 2.05) is 6.07 Å². The molecule has 3 heteroatoms. The first kappa shape index (κ1) is 15.8. The van der Waals surface area contributed by atoms with Crippen molar-refractivity contribution in [3.63, 3.8) is 0 Å². The molecule has 2 aliphatic rings. The van der Waals surface area contributed by atoms with E-state index in [2.05, 4.69) is 58.3 Å². The minimum atomic E-state index is -0.332. The van der Waals surface area contributed by atoms with Gasteiger partial charge in [-0.05, 0) is 42.6 Å². The Hall–Kier alpha value is -1.68. The number of aliphatic hydroxyl groups is 1. The van der Waals surface area contributed by atoms with Gasteiger partial charge >= 0.3 is 0 Å². The first-order valence-electron chi connectivity index (χ1n) is 9.07. The molecule has 24 heavy (non-hydrogen) atoms. The maximum absolute atomic E-state index is 10.7. The number of hydrogen-bond acceptors (Lipinski definition) is 3. The van der Waals surface area contributed by atoms with Crippen LogP contribution in [0.1, 0.15) is 29.2 Å². The number of rotatable bonds is 3. The Labute approximate surface area is 144 Å². The molecule has 2 aromatic carbocycles. The van der Waals surface area contributed by atoms with Gasteiger partial charge in [-0.25, -0.2) is 0 Å². The summed E-state index contributed by atoms with van der Waals surface area (Å²) in [6.45, 7) is 5.38. The summed E-state index contributed by atoms with van der Waals surface area (Å²) in [4.78, 5) is 5.06. The van der Waals surface area contributed by atoms with Crippen LogP contribution in [0.2, 0.25) is 0 Å². The van der Waals surface area contributed by atoms with Crippen molar-refractivity contribution in [1.29, 1.82) is 0 Å². The summed E-state index contributed by atoms with van der Waals surface area (Å²) in [5.41, 5.74) is 3.84. The molecule has 2 aromatic rings. The van der Waals surface area contributed by atoms with Gasteiger partial charge in [-0.15, -0.1) is 0 Å². The molecule has 1 saturated heterocycles. The van der Waals surface area contributed by atoms with Gasteiger partial charge in [0.15, 0.2) is 0 Å². The number of benzene rings is 2. The van der Waals surface area contributed by atoms with Gasteiger partial charge in [0.1, 0.15) is 0 Å². The van der Waals surface area contributed by atoms with Crippen LogP contribution in [0, 0.1) is 0 Å². The third kappa shape index (κ3) is 3.25. The van der Waals surface area contributed by atoms with Crippen molar-refractivity contribution >= 4 is 0 Å². The highest BCUT2D eigenvalue weighted by Crippen LogP contribution is 2.34. The molecular weight excluding hydrogens is 296 g/mol. The van der Waals surface area contributed by atoms with Crippen LogP contribution in [-0.2, 0) is 13.0 Å². The molecule has 4 rings (SSSR count). The molecule has 0 bridgehead atoms. The molecule has 1 aliphatic heterocycles. The minimum absolute atomic E-state index is 0.249. The third-order valence-corrected chi connectivity index (χ3v) is 5.51. The normalized spacial score (nSPS) is 25.4. The monoisotopic (exact) mass is 322 g/mol. The fourth-order valence-electron chi connectivity index (χ4n) is 4.20.